The van der Waals surface area contributed by atoms with Crippen LogP contribution < -0.4 is 0 Å². The Labute approximate surface area is 103 Å². The molecule has 1 saturated carbocycles. The molecule has 2 rings (SSSR count). The number of rotatable bonds is 2. The van der Waals surface area contributed by atoms with E-state index in [1.807, 2.05) is 6.92 Å². The summed E-state index contributed by atoms with van der Waals surface area (Å²) in [6.07, 6.45) is 4.19. The summed E-state index contributed by atoms with van der Waals surface area (Å²) in [7, 11) is -3.13. The van der Waals surface area contributed by atoms with Gasteiger partial charge in [-0.05, 0) is 12.8 Å². The van der Waals surface area contributed by atoms with E-state index in [1.165, 1.54) is 0 Å². The first-order valence-corrected chi connectivity index (χ1v) is 7.76. The molecule has 2 fully saturated rings. The standard InChI is InChI=1S/C11H20N2O3S/c1-9-8-13(7-6-11(9)12-14)17(15,16)10-4-2-3-5-10/h9-10,14H,2-8H2,1H3. The summed E-state index contributed by atoms with van der Waals surface area (Å²) >= 11 is 0. The van der Waals surface area contributed by atoms with Gasteiger partial charge in [-0.3, -0.25) is 0 Å². The molecule has 6 heteroatoms. The third-order valence-corrected chi connectivity index (χ3v) is 6.24. The lowest BCUT2D eigenvalue weighted by Gasteiger charge is -2.32. The SMILES string of the molecule is CC1CN(S(=O)(=O)C2CCCC2)CCC1=NO. The van der Waals surface area contributed by atoms with Gasteiger partial charge in [0.15, 0.2) is 0 Å². The van der Waals surface area contributed by atoms with E-state index in [4.69, 9.17) is 5.21 Å². The molecular formula is C11H20N2O3S. The van der Waals surface area contributed by atoms with Gasteiger partial charge in [0, 0.05) is 25.4 Å². The minimum absolute atomic E-state index is 0.0185. The molecule has 1 saturated heterocycles. The van der Waals surface area contributed by atoms with Crippen LogP contribution in [-0.2, 0) is 10.0 Å². The number of hydrogen-bond donors (Lipinski definition) is 1. The molecule has 5 nitrogen and oxygen atoms in total. The Balaban J connectivity index is 2.08. The molecule has 0 aromatic heterocycles. The topological polar surface area (TPSA) is 70.0 Å². The van der Waals surface area contributed by atoms with E-state index in [0.29, 0.717) is 25.2 Å². The van der Waals surface area contributed by atoms with Gasteiger partial charge in [0.05, 0.1) is 11.0 Å². The van der Waals surface area contributed by atoms with Crippen LogP contribution in [0.15, 0.2) is 5.16 Å². The largest absolute Gasteiger partial charge is 0.411 e. The Kier molecular flexibility index (Phi) is 3.73. The Bertz CT molecular complexity index is 399. The van der Waals surface area contributed by atoms with Crippen LogP contribution in [0, 0.1) is 5.92 Å². The maximum atomic E-state index is 12.4. The van der Waals surface area contributed by atoms with Gasteiger partial charge in [0.25, 0.3) is 0 Å². The quantitative estimate of drug-likeness (QED) is 0.603. The molecular weight excluding hydrogens is 240 g/mol. The maximum Gasteiger partial charge on any atom is 0.217 e. The lowest BCUT2D eigenvalue weighted by Crippen LogP contribution is -2.46. The van der Waals surface area contributed by atoms with E-state index in [1.54, 1.807) is 4.31 Å². The van der Waals surface area contributed by atoms with Gasteiger partial charge >= 0.3 is 0 Å². The zero-order valence-corrected chi connectivity index (χ0v) is 11.0. The Morgan fingerprint density at radius 3 is 2.53 bits per heavy atom. The summed E-state index contributed by atoms with van der Waals surface area (Å²) in [5.74, 6) is 0.0185. The molecule has 1 unspecified atom stereocenters. The molecule has 0 amide bonds. The second-order valence-corrected chi connectivity index (χ2v) is 7.26. The van der Waals surface area contributed by atoms with Crippen LogP contribution in [-0.4, -0.2) is 42.0 Å². The van der Waals surface area contributed by atoms with Crippen molar-refractivity contribution in [3.63, 3.8) is 0 Å². The molecule has 1 atom stereocenters. The van der Waals surface area contributed by atoms with E-state index >= 15 is 0 Å². The molecule has 2 aliphatic rings. The summed E-state index contributed by atoms with van der Waals surface area (Å²) in [5, 5.41) is 11.8. The van der Waals surface area contributed by atoms with Gasteiger partial charge in [-0.1, -0.05) is 24.9 Å². The van der Waals surface area contributed by atoms with Crippen molar-refractivity contribution in [2.75, 3.05) is 13.1 Å². The summed E-state index contributed by atoms with van der Waals surface area (Å²) < 4.78 is 26.3. The number of hydrogen-bond acceptors (Lipinski definition) is 4. The van der Waals surface area contributed by atoms with Crippen molar-refractivity contribution in [1.29, 1.82) is 0 Å². The molecule has 1 heterocycles. The number of piperidine rings is 1. The molecule has 0 aromatic carbocycles. The summed E-state index contributed by atoms with van der Waals surface area (Å²) in [6, 6.07) is 0. The number of sulfonamides is 1. The highest BCUT2D eigenvalue weighted by Crippen LogP contribution is 2.29. The van der Waals surface area contributed by atoms with Crippen molar-refractivity contribution in [3.8, 4) is 0 Å². The molecule has 0 aromatic rings. The first kappa shape index (κ1) is 12.8. The Hall–Kier alpha value is -0.620. The zero-order valence-electron chi connectivity index (χ0n) is 10.2. The normalized spacial score (nSPS) is 31.1. The van der Waals surface area contributed by atoms with Crippen molar-refractivity contribution in [2.24, 2.45) is 11.1 Å². The lowest BCUT2D eigenvalue weighted by molar-refractivity contribution is 0.299. The second-order valence-electron chi connectivity index (χ2n) is 5.05. The van der Waals surface area contributed by atoms with Gasteiger partial charge in [0.1, 0.15) is 0 Å². The lowest BCUT2D eigenvalue weighted by atomic mass is 10.00. The van der Waals surface area contributed by atoms with Gasteiger partial charge in [-0.2, -0.15) is 0 Å². The second kappa shape index (κ2) is 4.94. The van der Waals surface area contributed by atoms with Crippen molar-refractivity contribution < 1.29 is 13.6 Å². The van der Waals surface area contributed by atoms with Crippen LogP contribution in [0.1, 0.15) is 39.0 Å². The summed E-state index contributed by atoms with van der Waals surface area (Å²) in [5.41, 5.74) is 0.711. The van der Waals surface area contributed by atoms with Crippen LogP contribution in [0.3, 0.4) is 0 Å². The maximum absolute atomic E-state index is 12.4. The van der Waals surface area contributed by atoms with Crippen LogP contribution in [0.4, 0.5) is 0 Å². The smallest absolute Gasteiger partial charge is 0.217 e. The van der Waals surface area contributed by atoms with Gasteiger partial charge in [-0.15, -0.1) is 0 Å². The van der Waals surface area contributed by atoms with Crippen molar-refractivity contribution in [3.05, 3.63) is 0 Å². The third-order valence-electron chi connectivity index (χ3n) is 3.88. The first-order chi connectivity index (χ1) is 8.05. The average molecular weight is 260 g/mol. The van der Waals surface area contributed by atoms with Crippen molar-refractivity contribution in [2.45, 2.75) is 44.3 Å². The Morgan fingerprint density at radius 2 is 2.00 bits per heavy atom. The number of nitrogens with zero attached hydrogens (tertiary/aromatic N) is 2. The fourth-order valence-electron chi connectivity index (χ4n) is 2.76. The molecule has 0 radical (unpaired) electrons. The van der Waals surface area contributed by atoms with E-state index in [9.17, 15) is 8.42 Å². The summed E-state index contributed by atoms with van der Waals surface area (Å²) in [6.45, 7) is 2.83. The fraction of sp³-hybridized carbons (Fsp3) is 0.909. The number of oxime groups is 1. The molecule has 1 N–H and O–H groups in total. The highest BCUT2D eigenvalue weighted by atomic mass is 32.2. The predicted molar refractivity (Wildman–Crippen MR) is 65.8 cm³/mol. The van der Waals surface area contributed by atoms with Crippen molar-refractivity contribution >= 4 is 15.7 Å². The van der Waals surface area contributed by atoms with E-state index in [0.717, 1.165) is 25.7 Å². The zero-order chi connectivity index (χ0) is 12.5. The van der Waals surface area contributed by atoms with Crippen LogP contribution in [0.2, 0.25) is 0 Å². The molecule has 0 bridgehead atoms. The molecule has 17 heavy (non-hydrogen) atoms. The van der Waals surface area contributed by atoms with Gasteiger partial charge in [0.2, 0.25) is 10.0 Å². The molecule has 1 aliphatic carbocycles. The summed E-state index contributed by atoms with van der Waals surface area (Å²) in [4.78, 5) is 0. The predicted octanol–water partition coefficient (Wildman–Crippen LogP) is 1.43. The third kappa shape index (κ3) is 2.47. The Morgan fingerprint density at radius 1 is 1.35 bits per heavy atom. The molecule has 0 spiro atoms. The minimum Gasteiger partial charge on any atom is -0.411 e. The molecule has 1 aliphatic heterocycles. The van der Waals surface area contributed by atoms with Crippen LogP contribution >= 0.6 is 0 Å². The highest BCUT2D eigenvalue weighted by Gasteiger charge is 2.37. The minimum atomic E-state index is -3.13. The van der Waals surface area contributed by atoms with Crippen LogP contribution in [0.25, 0.3) is 0 Å². The fourth-order valence-corrected chi connectivity index (χ4v) is 4.89. The average Bonchev–Trinajstić information content (AvgIpc) is 2.83. The highest BCUT2D eigenvalue weighted by molar-refractivity contribution is 7.89. The monoisotopic (exact) mass is 260 g/mol. The first-order valence-electron chi connectivity index (χ1n) is 6.25. The van der Waals surface area contributed by atoms with Crippen LogP contribution in [0.5, 0.6) is 0 Å². The van der Waals surface area contributed by atoms with Gasteiger partial charge in [-0.25, -0.2) is 12.7 Å². The van der Waals surface area contributed by atoms with E-state index in [2.05, 4.69) is 5.16 Å². The molecule has 98 valence electrons. The van der Waals surface area contributed by atoms with Gasteiger partial charge < -0.3 is 5.21 Å². The van der Waals surface area contributed by atoms with E-state index in [-0.39, 0.29) is 11.2 Å². The van der Waals surface area contributed by atoms with E-state index < -0.39 is 10.0 Å². The van der Waals surface area contributed by atoms with Crippen molar-refractivity contribution in [1.82, 2.24) is 4.31 Å².